The fraction of sp³-hybridized carbons (Fsp3) is 0.500. The number of aliphatic hydroxyl groups is 1. The van der Waals surface area contributed by atoms with Gasteiger partial charge < -0.3 is 15.8 Å². The van der Waals surface area contributed by atoms with Gasteiger partial charge in [-0.3, -0.25) is 0 Å². The summed E-state index contributed by atoms with van der Waals surface area (Å²) in [6.07, 6.45) is 1.44. The molecule has 1 aromatic rings. The Morgan fingerprint density at radius 3 is 2.65 bits per heavy atom. The van der Waals surface area contributed by atoms with Gasteiger partial charge in [0.05, 0.1) is 6.10 Å². The first-order valence-electron chi connectivity index (χ1n) is 5.36. The maximum absolute atomic E-state index is 13.3. The molecule has 0 bridgehead atoms. The van der Waals surface area contributed by atoms with Crippen LogP contribution in [0.5, 0.6) is 0 Å². The summed E-state index contributed by atoms with van der Waals surface area (Å²) in [5.74, 6) is 3.26. The predicted molar refractivity (Wildman–Crippen MR) is 59.2 cm³/mol. The van der Waals surface area contributed by atoms with Gasteiger partial charge >= 0.3 is 0 Å². The first-order chi connectivity index (χ1) is 8.11. The van der Waals surface area contributed by atoms with Crippen molar-refractivity contribution in [2.45, 2.75) is 18.9 Å². The minimum atomic E-state index is -0.863. The van der Waals surface area contributed by atoms with Crippen LogP contribution in [0.1, 0.15) is 12.8 Å². The first kappa shape index (κ1) is 12.0. The summed E-state index contributed by atoms with van der Waals surface area (Å²) in [7, 11) is 0. The van der Waals surface area contributed by atoms with Gasteiger partial charge in [-0.25, -0.2) is 19.6 Å². The van der Waals surface area contributed by atoms with E-state index in [1.165, 1.54) is 0 Å². The summed E-state index contributed by atoms with van der Waals surface area (Å²) in [6.45, 7) is 0.185. The summed E-state index contributed by atoms with van der Waals surface area (Å²) >= 11 is 0. The van der Waals surface area contributed by atoms with E-state index in [0.29, 0.717) is 6.07 Å². The second-order valence-corrected chi connectivity index (χ2v) is 4.08. The van der Waals surface area contributed by atoms with Crippen LogP contribution < -0.4 is 16.6 Å². The Bertz CT molecular complexity index is 412. The lowest BCUT2D eigenvalue weighted by Crippen LogP contribution is -2.23. The molecule has 1 fully saturated rings. The lowest BCUT2D eigenvalue weighted by Gasteiger charge is -2.12. The maximum atomic E-state index is 13.3. The molecular weight excluding hydrogens is 230 g/mol. The number of halogens is 2. The molecule has 1 saturated carbocycles. The Labute approximate surface area is 97.0 Å². The Morgan fingerprint density at radius 1 is 1.41 bits per heavy atom. The lowest BCUT2D eigenvalue weighted by atomic mass is 10.2. The molecule has 1 unspecified atom stereocenters. The number of nitrogens with one attached hydrogen (secondary N) is 2. The molecule has 0 saturated heterocycles. The van der Waals surface area contributed by atoms with Gasteiger partial charge in [0.25, 0.3) is 0 Å². The van der Waals surface area contributed by atoms with Gasteiger partial charge in [-0.1, -0.05) is 0 Å². The van der Waals surface area contributed by atoms with E-state index in [0.717, 1.165) is 12.8 Å². The second kappa shape index (κ2) is 4.80. The van der Waals surface area contributed by atoms with Crippen LogP contribution in [-0.4, -0.2) is 22.7 Å². The van der Waals surface area contributed by atoms with Gasteiger partial charge in [0.2, 0.25) is 0 Å². The normalized spacial score (nSPS) is 16.7. The van der Waals surface area contributed by atoms with Crippen LogP contribution >= 0.6 is 0 Å². The highest BCUT2D eigenvalue weighted by molar-refractivity contribution is 5.46. The number of rotatable bonds is 5. The van der Waals surface area contributed by atoms with E-state index in [2.05, 4.69) is 10.3 Å². The fourth-order valence-electron chi connectivity index (χ4n) is 1.54. The van der Waals surface area contributed by atoms with E-state index in [1.54, 1.807) is 0 Å². The number of hydrogen-bond acceptors (Lipinski definition) is 5. The first-order valence-corrected chi connectivity index (χ1v) is 5.36. The molecular formula is C10H14F2N4O. The lowest BCUT2D eigenvalue weighted by molar-refractivity contribution is 0.164. The molecule has 17 heavy (non-hydrogen) atoms. The predicted octanol–water partition coefficient (Wildman–Crippen LogP) is 0.828. The van der Waals surface area contributed by atoms with E-state index in [9.17, 15) is 13.9 Å². The molecule has 5 N–H and O–H groups in total. The molecule has 1 heterocycles. The van der Waals surface area contributed by atoms with Crippen molar-refractivity contribution >= 4 is 11.6 Å². The van der Waals surface area contributed by atoms with Crippen LogP contribution in [0.2, 0.25) is 0 Å². The van der Waals surface area contributed by atoms with Gasteiger partial charge in [0.1, 0.15) is 0 Å². The molecule has 1 aliphatic rings. The number of anilines is 2. The molecule has 7 heteroatoms. The molecule has 0 radical (unpaired) electrons. The molecule has 0 aliphatic heterocycles. The van der Waals surface area contributed by atoms with Crippen molar-refractivity contribution < 1.29 is 13.9 Å². The number of hydrazine groups is 1. The summed E-state index contributed by atoms with van der Waals surface area (Å²) in [5.41, 5.74) is 2.03. The fourth-order valence-corrected chi connectivity index (χ4v) is 1.54. The van der Waals surface area contributed by atoms with E-state index in [1.807, 2.05) is 5.43 Å². The Morgan fingerprint density at radius 2 is 2.06 bits per heavy atom. The highest BCUT2D eigenvalue weighted by atomic mass is 19.1. The van der Waals surface area contributed by atoms with Crippen molar-refractivity contribution in [1.82, 2.24) is 4.98 Å². The number of nitrogens with two attached hydrogens (primary N) is 1. The minimum absolute atomic E-state index is 0.126. The monoisotopic (exact) mass is 244 g/mol. The average molecular weight is 244 g/mol. The Kier molecular flexibility index (Phi) is 3.39. The van der Waals surface area contributed by atoms with Gasteiger partial charge in [0.15, 0.2) is 23.3 Å². The molecule has 94 valence electrons. The summed E-state index contributed by atoms with van der Waals surface area (Å²) in [4.78, 5) is 3.63. The smallest absolute Gasteiger partial charge is 0.178 e. The molecule has 2 rings (SSSR count). The molecule has 1 aromatic heterocycles. The molecule has 0 aromatic carbocycles. The number of aliphatic hydroxyl groups excluding tert-OH is 1. The van der Waals surface area contributed by atoms with Gasteiger partial charge in [-0.2, -0.15) is 0 Å². The maximum Gasteiger partial charge on any atom is 0.178 e. The third kappa shape index (κ3) is 2.80. The van der Waals surface area contributed by atoms with Crippen LogP contribution in [0.15, 0.2) is 6.07 Å². The second-order valence-electron chi connectivity index (χ2n) is 4.08. The van der Waals surface area contributed by atoms with E-state index >= 15 is 0 Å². The van der Waals surface area contributed by atoms with Crippen LogP contribution in [-0.2, 0) is 0 Å². The third-order valence-corrected chi connectivity index (χ3v) is 2.71. The number of hydrogen-bond donors (Lipinski definition) is 4. The van der Waals surface area contributed by atoms with Crippen molar-refractivity contribution in [3.05, 3.63) is 17.7 Å². The van der Waals surface area contributed by atoms with Gasteiger partial charge in [0, 0.05) is 12.6 Å². The number of pyridine rings is 1. The van der Waals surface area contributed by atoms with E-state index in [-0.39, 0.29) is 24.1 Å². The zero-order valence-corrected chi connectivity index (χ0v) is 9.08. The van der Waals surface area contributed by atoms with E-state index in [4.69, 9.17) is 5.84 Å². The van der Waals surface area contributed by atoms with Crippen LogP contribution in [0, 0.1) is 17.6 Å². The molecule has 0 spiro atoms. The quantitative estimate of drug-likeness (QED) is 0.455. The van der Waals surface area contributed by atoms with Gasteiger partial charge in [-0.05, 0) is 18.8 Å². The largest absolute Gasteiger partial charge is 0.391 e. The standard InChI is InChI=1S/C10H14F2N4O/c11-6-3-7(12)10(16-13)15-9(6)14-4-8(17)5-1-2-5/h3,5,8,17H,1-2,4,13H2,(H2,14,15,16). The Hall–Kier alpha value is -1.47. The Balaban J connectivity index is 2.03. The van der Waals surface area contributed by atoms with Crippen molar-refractivity contribution in [3.63, 3.8) is 0 Å². The SMILES string of the molecule is NNc1nc(NCC(O)C2CC2)c(F)cc1F. The zero-order chi connectivity index (χ0) is 12.4. The molecule has 1 atom stereocenters. The van der Waals surface area contributed by atoms with Gasteiger partial charge in [-0.15, -0.1) is 0 Å². The van der Waals surface area contributed by atoms with E-state index < -0.39 is 17.7 Å². The number of nitrogens with zero attached hydrogens (tertiary/aromatic N) is 1. The number of nitrogen functional groups attached to an aromatic ring is 1. The topological polar surface area (TPSA) is 83.2 Å². The zero-order valence-electron chi connectivity index (χ0n) is 9.08. The molecule has 5 nitrogen and oxygen atoms in total. The van der Waals surface area contributed by atoms with Crippen molar-refractivity contribution in [1.29, 1.82) is 0 Å². The van der Waals surface area contributed by atoms with Crippen molar-refractivity contribution in [2.75, 3.05) is 17.3 Å². The minimum Gasteiger partial charge on any atom is -0.391 e. The summed E-state index contributed by atoms with van der Waals surface area (Å²) in [6, 6.07) is 0.689. The van der Waals surface area contributed by atoms with Crippen molar-refractivity contribution in [2.24, 2.45) is 11.8 Å². The summed E-state index contributed by atoms with van der Waals surface area (Å²) in [5, 5.41) is 12.2. The van der Waals surface area contributed by atoms with Crippen LogP contribution in [0.4, 0.5) is 20.4 Å². The molecule has 0 amide bonds. The highest BCUT2D eigenvalue weighted by Crippen LogP contribution is 2.32. The average Bonchev–Trinajstić information content (AvgIpc) is 3.11. The molecule has 1 aliphatic carbocycles. The van der Waals surface area contributed by atoms with Crippen LogP contribution in [0.25, 0.3) is 0 Å². The highest BCUT2D eigenvalue weighted by Gasteiger charge is 2.29. The number of aromatic nitrogens is 1. The van der Waals surface area contributed by atoms with Crippen LogP contribution in [0.3, 0.4) is 0 Å². The van der Waals surface area contributed by atoms with Crippen molar-refractivity contribution in [3.8, 4) is 0 Å². The third-order valence-electron chi connectivity index (χ3n) is 2.71. The summed E-state index contributed by atoms with van der Waals surface area (Å²) < 4.78 is 26.4.